The Morgan fingerprint density at radius 3 is 2.64 bits per heavy atom. The van der Waals surface area contributed by atoms with Crippen LogP contribution in [-0.2, 0) is 6.54 Å². The van der Waals surface area contributed by atoms with Crippen LogP contribution < -0.4 is 5.32 Å². The van der Waals surface area contributed by atoms with Gasteiger partial charge in [0.2, 0.25) is 0 Å². The summed E-state index contributed by atoms with van der Waals surface area (Å²) >= 11 is 0. The van der Waals surface area contributed by atoms with Crippen LogP contribution in [0.4, 0.5) is 4.39 Å². The SMILES string of the molecule is Cc1ccc2nc(C)c(C(=O)NCc3ccc(F)cc3)n2c1. The maximum atomic E-state index is 12.9. The molecular weight excluding hydrogens is 281 g/mol. The maximum Gasteiger partial charge on any atom is 0.270 e. The van der Waals surface area contributed by atoms with Crippen LogP contribution in [0.15, 0.2) is 42.6 Å². The zero-order chi connectivity index (χ0) is 15.7. The Morgan fingerprint density at radius 1 is 1.18 bits per heavy atom. The monoisotopic (exact) mass is 297 g/mol. The van der Waals surface area contributed by atoms with Gasteiger partial charge in [-0.15, -0.1) is 0 Å². The molecule has 3 rings (SSSR count). The van der Waals surface area contributed by atoms with Crippen molar-refractivity contribution in [1.82, 2.24) is 14.7 Å². The van der Waals surface area contributed by atoms with Gasteiger partial charge in [-0.25, -0.2) is 9.37 Å². The second-order valence-corrected chi connectivity index (χ2v) is 5.29. The van der Waals surface area contributed by atoms with Crippen molar-refractivity contribution < 1.29 is 9.18 Å². The van der Waals surface area contributed by atoms with Crippen LogP contribution in [0.3, 0.4) is 0 Å². The topological polar surface area (TPSA) is 46.4 Å². The molecule has 5 heteroatoms. The van der Waals surface area contributed by atoms with E-state index in [2.05, 4.69) is 10.3 Å². The van der Waals surface area contributed by atoms with Crippen molar-refractivity contribution in [3.8, 4) is 0 Å². The van der Waals surface area contributed by atoms with Gasteiger partial charge in [0, 0.05) is 12.7 Å². The van der Waals surface area contributed by atoms with Gasteiger partial charge >= 0.3 is 0 Å². The number of rotatable bonds is 3. The first kappa shape index (κ1) is 14.3. The van der Waals surface area contributed by atoms with Crippen LogP contribution in [0, 0.1) is 19.7 Å². The predicted molar refractivity (Wildman–Crippen MR) is 82.2 cm³/mol. The lowest BCUT2D eigenvalue weighted by molar-refractivity contribution is 0.0944. The number of imidazole rings is 1. The van der Waals surface area contributed by atoms with Crippen molar-refractivity contribution in [2.24, 2.45) is 0 Å². The van der Waals surface area contributed by atoms with E-state index in [0.717, 1.165) is 16.8 Å². The number of amides is 1. The molecule has 0 aliphatic rings. The van der Waals surface area contributed by atoms with Gasteiger partial charge in [0.05, 0.1) is 5.69 Å². The number of pyridine rings is 1. The number of fused-ring (bicyclic) bond motifs is 1. The van der Waals surface area contributed by atoms with Crippen molar-refractivity contribution in [3.63, 3.8) is 0 Å². The number of halogens is 1. The summed E-state index contributed by atoms with van der Waals surface area (Å²) in [6.07, 6.45) is 1.89. The van der Waals surface area contributed by atoms with Crippen molar-refractivity contribution >= 4 is 11.6 Å². The number of nitrogens with zero attached hydrogens (tertiary/aromatic N) is 2. The Labute approximate surface area is 127 Å². The molecule has 0 spiro atoms. The zero-order valence-corrected chi connectivity index (χ0v) is 12.4. The Balaban J connectivity index is 1.84. The van der Waals surface area contributed by atoms with Gasteiger partial charge < -0.3 is 5.32 Å². The summed E-state index contributed by atoms with van der Waals surface area (Å²) in [5, 5.41) is 2.85. The molecule has 1 amide bonds. The molecule has 1 aromatic carbocycles. The number of carbonyl (C=O) groups is 1. The highest BCUT2D eigenvalue weighted by Gasteiger charge is 2.16. The van der Waals surface area contributed by atoms with Gasteiger partial charge in [0.15, 0.2) is 0 Å². The highest BCUT2D eigenvalue weighted by Crippen LogP contribution is 2.13. The number of aryl methyl sites for hydroxylation is 2. The molecule has 4 nitrogen and oxygen atoms in total. The van der Waals surface area contributed by atoms with E-state index in [1.165, 1.54) is 12.1 Å². The highest BCUT2D eigenvalue weighted by molar-refractivity contribution is 5.94. The average molecular weight is 297 g/mol. The first-order valence-electron chi connectivity index (χ1n) is 7.02. The van der Waals surface area contributed by atoms with Gasteiger partial charge in [-0.1, -0.05) is 18.2 Å². The molecule has 0 radical (unpaired) electrons. The van der Waals surface area contributed by atoms with Crippen LogP contribution in [0.5, 0.6) is 0 Å². The van der Waals surface area contributed by atoms with E-state index in [0.29, 0.717) is 17.9 Å². The summed E-state index contributed by atoms with van der Waals surface area (Å²) in [5.41, 5.74) is 3.85. The number of carbonyl (C=O) groups excluding carboxylic acids is 1. The molecule has 22 heavy (non-hydrogen) atoms. The molecule has 0 aliphatic carbocycles. The second kappa shape index (κ2) is 5.60. The fourth-order valence-electron chi connectivity index (χ4n) is 2.41. The quantitative estimate of drug-likeness (QED) is 0.807. The fraction of sp³-hybridized carbons (Fsp3) is 0.176. The summed E-state index contributed by atoms with van der Waals surface area (Å²) in [6.45, 7) is 4.13. The molecule has 1 N–H and O–H groups in total. The third kappa shape index (κ3) is 2.70. The van der Waals surface area contributed by atoms with Crippen molar-refractivity contribution in [1.29, 1.82) is 0 Å². The number of aromatic nitrogens is 2. The van der Waals surface area contributed by atoms with Gasteiger partial charge in [-0.2, -0.15) is 0 Å². The average Bonchev–Trinajstić information content (AvgIpc) is 2.81. The number of hydrogen-bond acceptors (Lipinski definition) is 2. The van der Waals surface area contributed by atoms with Crippen LogP contribution in [0.25, 0.3) is 5.65 Å². The van der Waals surface area contributed by atoms with E-state index in [1.807, 2.05) is 32.2 Å². The van der Waals surface area contributed by atoms with Crippen LogP contribution in [0.2, 0.25) is 0 Å². The van der Waals surface area contributed by atoms with E-state index in [-0.39, 0.29) is 11.7 Å². The molecule has 0 aliphatic heterocycles. The molecule has 0 fully saturated rings. The summed E-state index contributed by atoms with van der Waals surface area (Å²) in [7, 11) is 0. The Bertz CT molecular complexity index is 837. The molecule has 112 valence electrons. The first-order chi connectivity index (χ1) is 10.5. The summed E-state index contributed by atoms with van der Waals surface area (Å²) in [4.78, 5) is 16.8. The van der Waals surface area contributed by atoms with Gasteiger partial charge in [-0.3, -0.25) is 9.20 Å². The van der Waals surface area contributed by atoms with Crippen molar-refractivity contribution in [2.45, 2.75) is 20.4 Å². The van der Waals surface area contributed by atoms with E-state index in [9.17, 15) is 9.18 Å². The third-order valence-electron chi connectivity index (χ3n) is 3.52. The molecule has 0 atom stereocenters. The molecule has 2 heterocycles. The van der Waals surface area contributed by atoms with Gasteiger partial charge in [0.25, 0.3) is 5.91 Å². The van der Waals surface area contributed by atoms with E-state index < -0.39 is 0 Å². The maximum absolute atomic E-state index is 12.9. The lowest BCUT2D eigenvalue weighted by Crippen LogP contribution is -2.25. The molecule has 0 bridgehead atoms. The molecule has 3 aromatic rings. The van der Waals surface area contributed by atoms with Crippen LogP contribution in [0.1, 0.15) is 27.3 Å². The fourth-order valence-corrected chi connectivity index (χ4v) is 2.41. The minimum atomic E-state index is -0.289. The molecular formula is C17H16FN3O. The van der Waals surface area contributed by atoms with Gasteiger partial charge in [0.1, 0.15) is 17.2 Å². The van der Waals surface area contributed by atoms with E-state index in [4.69, 9.17) is 0 Å². The molecule has 0 saturated carbocycles. The van der Waals surface area contributed by atoms with Crippen molar-refractivity contribution in [3.05, 3.63) is 70.9 Å². The largest absolute Gasteiger partial charge is 0.347 e. The lowest BCUT2D eigenvalue weighted by Gasteiger charge is -2.07. The molecule has 2 aromatic heterocycles. The minimum absolute atomic E-state index is 0.195. The van der Waals surface area contributed by atoms with Crippen LogP contribution in [-0.4, -0.2) is 15.3 Å². The normalized spacial score (nSPS) is 10.9. The van der Waals surface area contributed by atoms with E-state index >= 15 is 0 Å². The first-order valence-corrected chi connectivity index (χ1v) is 7.02. The Hall–Kier alpha value is -2.69. The smallest absolute Gasteiger partial charge is 0.270 e. The third-order valence-corrected chi connectivity index (χ3v) is 3.52. The number of benzene rings is 1. The zero-order valence-electron chi connectivity index (χ0n) is 12.4. The van der Waals surface area contributed by atoms with Crippen molar-refractivity contribution in [2.75, 3.05) is 0 Å². The Morgan fingerprint density at radius 2 is 1.91 bits per heavy atom. The molecule has 0 unspecified atom stereocenters. The number of hydrogen-bond donors (Lipinski definition) is 1. The second-order valence-electron chi connectivity index (χ2n) is 5.29. The standard InChI is InChI=1S/C17H16FN3O/c1-11-3-8-15-20-12(2)16(21(15)10-11)17(22)19-9-13-4-6-14(18)7-5-13/h3-8,10H,9H2,1-2H3,(H,19,22). The van der Waals surface area contributed by atoms with Gasteiger partial charge in [-0.05, 0) is 43.2 Å². The minimum Gasteiger partial charge on any atom is -0.347 e. The Kier molecular flexibility index (Phi) is 3.63. The van der Waals surface area contributed by atoms with Crippen LogP contribution >= 0.6 is 0 Å². The summed E-state index contributed by atoms with van der Waals surface area (Å²) < 4.78 is 14.7. The van der Waals surface area contributed by atoms with E-state index in [1.54, 1.807) is 16.5 Å². The molecule has 0 saturated heterocycles. The summed E-state index contributed by atoms with van der Waals surface area (Å²) in [5.74, 6) is -0.483. The highest BCUT2D eigenvalue weighted by atomic mass is 19.1. The predicted octanol–water partition coefficient (Wildman–Crippen LogP) is 3.02. The lowest BCUT2D eigenvalue weighted by atomic mass is 10.2. The summed E-state index contributed by atoms with van der Waals surface area (Å²) in [6, 6.07) is 9.91. The number of nitrogens with one attached hydrogen (secondary N) is 1.